The number of nitrogens with one attached hydrogen (secondary N) is 2. The maximum Gasteiger partial charge on any atom is 0.318 e. The average Bonchev–Trinajstić information content (AvgIpc) is 2.01. The molecule has 80 valence electrons. The Morgan fingerprint density at radius 1 is 1.29 bits per heavy atom. The first-order valence-electron chi connectivity index (χ1n) is 4.05. The molecule has 1 unspecified atom stereocenters. The van der Waals surface area contributed by atoms with E-state index in [-0.39, 0.29) is 13.0 Å². The molecule has 0 aromatic heterocycles. The summed E-state index contributed by atoms with van der Waals surface area (Å²) in [4.78, 5) is 31.7. The second-order valence-electron chi connectivity index (χ2n) is 2.75. The third-order valence-electron chi connectivity index (χ3n) is 1.46. The van der Waals surface area contributed by atoms with Crippen LogP contribution in [0.2, 0.25) is 0 Å². The molecule has 0 radical (unpaired) electrons. The van der Waals surface area contributed by atoms with Gasteiger partial charge in [-0.1, -0.05) is 0 Å². The van der Waals surface area contributed by atoms with Crippen molar-refractivity contribution < 1.29 is 14.4 Å². The van der Waals surface area contributed by atoms with Gasteiger partial charge in [-0.3, -0.25) is 14.9 Å². The molecular formula is C7H14N4O3. The second-order valence-corrected chi connectivity index (χ2v) is 2.75. The average molecular weight is 202 g/mol. The zero-order valence-electron chi connectivity index (χ0n) is 7.87. The van der Waals surface area contributed by atoms with Gasteiger partial charge in [-0.25, -0.2) is 4.79 Å². The number of amides is 4. The molecule has 4 amide bonds. The Balaban J connectivity index is 3.72. The van der Waals surface area contributed by atoms with Gasteiger partial charge in [0, 0.05) is 13.0 Å². The van der Waals surface area contributed by atoms with Crippen molar-refractivity contribution in [3.05, 3.63) is 0 Å². The van der Waals surface area contributed by atoms with Gasteiger partial charge >= 0.3 is 6.03 Å². The highest BCUT2D eigenvalue weighted by Gasteiger charge is 2.13. The number of hydrogen-bond acceptors (Lipinski definition) is 4. The predicted octanol–water partition coefficient (Wildman–Crippen LogP) is -1.97. The van der Waals surface area contributed by atoms with Crippen LogP contribution in [0.5, 0.6) is 0 Å². The molecule has 0 heterocycles. The van der Waals surface area contributed by atoms with Crippen LogP contribution in [-0.2, 0) is 9.59 Å². The van der Waals surface area contributed by atoms with Gasteiger partial charge in [0.15, 0.2) is 0 Å². The van der Waals surface area contributed by atoms with E-state index in [1.807, 2.05) is 5.32 Å². The Morgan fingerprint density at radius 3 is 2.29 bits per heavy atom. The van der Waals surface area contributed by atoms with Crippen molar-refractivity contribution in [2.75, 3.05) is 6.54 Å². The maximum atomic E-state index is 11.0. The summed E-state index contributed by atoms with van der Waals surface area (Å²) in [7, 11) is 0. The standard InChI is InChI=1S/C7H14N4O3/c1-4(6(13)11-7(9)14)10-3-2-5(8)12/h4,10H,2-3H2,1H3,(H2,8,12)(H3,9,11,13,14). The number of primary amides is 2. The van der Waals surface area contributed by atoms with Crippen LogP contribution < -0.4 is 22.1 Å². The van der Waals surface area contributed by atoms with E-state index in [0.29, 0.717) is 0 Å². The fourth-order valence-electron chi connectivity index (χ4n) is 0.734. The molecule has 0 aliphatic heterocycles. The lowest BCUT2D eigenvalue weighted by Gasteiger charge is -2.11. The summed E-state index contributed by atoms with van der Waals surface area (Å²) >= 11 is 0. The molecule has 14 heavy (non-hydrogen) atoms. The number of carbonyl (C=O) groups excluding carboxylic acids is 3. The zero-order chi connectivity index (χ0) is 11.1. The van der Waals surface area contributed by atoms with E-state index in [2.05, 4.69) is 5.32 Å². The Bertz CT molecular complexity index is 241. The highest BCUT2D eigenvalue weighted by atomic mass is 16.2. The summed E-state index contributed by atoms with van der Waals surface area (Å²) in [6, 6.07) is -1.50. The molecule has 7 nitrogen and oxygen atoms in total. The van der Waals surface area contributed by atoms with E-state index >= 15 is 0 Å². The summed E-state index contributed by atoms with van der Waals surface area (Å²) in [6.07, 6.45) is 0.133. The quantitative estimate of drug-likeness (QED) is 0.412. The summed E-state index contributed by atoms with van der Waals surface area (Å²) in [5.74, 6) is -0.998. The molecule has 0 saturated carbocycles. The van der Waals surface area contributed by atoms with Gasteiger partial charge in [0.05, 0.1) is 6.04 Å². The molecule has 7 heteroatoms. The Hall–Kier alpha value is -1.63. The first-order valence-corrected chi connectivity index (χ1v) is 4.05. The van der Waals surface area contributed by atoms with Gasteiger partial charge in [-0.15, -0.1) is 0 Å². The molecule has 0 rings (SSSR count). The lowest BCUT2D eigenvalue weighted by Crippen LogP contribution is -2.46. The van der Waals surface area contributed by atoms with Crippen molar-refractivity contribution in [1.82, 2.24) is 10.6 Å². The highest BCUT2D eigenvalue weighted by Crippen LogP contribution is 1.82. The van der Waals surface area contributed by atoms with Crippen LogP contribution in [0.3, 0.4) is 0 Å². The van der Waals surface area contributed by atoms with Crippen molar-refractivity contribution in [3.8, 4) is 0 Å². The first-order chi connectivity index (χ1) is 6.43. The van der Waals surface area contributed by atoms with E-state index < -0.39 is 23.9 Å². The van der Waals surface area contributed by atoms with Crippen LogP contribution in [0.15, 0.2) is 0 Å². The van der Waals surface area contributed by atoms with Crippen LogP contribution in [0.4, 0.5) is 4.79 Å². The number of nitrogens with two attached hydrogens (primary N) is 2. The minimum Gasteiger partial charge on any atom is -0.370 e. The van der Waals surface area contributed by atoms with Gasteiger partial charge in [0.25, 0.3) is 0 Å². The first kappa shape index (κ1) is 12.4. The summed E-state index contributed by atoms with van der Waals surface area (Å²) in [6.45, 7) is 1.82. The number of urea groups is 1. The van der Waals surface area contributed by atoms with Crippen molar-refractivity contribution >= 4 is 17.8 Å². The van der Waals surface area contributed by atoms with Gasteiger partial charge in [-0.05, 0) is 6.92 Å². The monoisotopic (exact) mass is 202 g/mol. The molecule has 0 spiro atoms. The smallest absolute Gasteiger partial charge is 0.318 e. The molecule has 1 atom stereocenters. The number of carbonyl (C=O) groups is 3. The lowest BCUT2D eigenvalue weighted by molar-refractivity contribution is -0.122. The van der Waals surface area contributed by atoms with E-state index in [4.69, 9.17) is 11.5 Å². The highest BCUT2D eigenvalue weighted by molar-refractivity contribution is 5.96. The van der Waals surface area contributed by atoms with Gasteiger partial charge < -0.3 is 16.8 Å². The molecule has 6 N–H and O–H groups in total. The third-order valence-corrected chi connectivity index (χ3v) is 1.46. The second kappa shape index (κ2) is 5.92. The minimum absolute atomic E-state index is 0.133. The minimum atomic E-state index is -0.904. The topological polar surface area (TPSA) is 127 Å². The largest absolute Gasteiger partial charge is 0.370 e. The fourth-order valence-corrected chi connectivity index (χ4v) is 0.734. The molecule has 0 aromatic carbocycles. The molecular weight excluding hydrogens is 188 g/mol. The molecule has 0 aromatic rings. The summed E-state index contributed by atoms with van der Waals surface area (Å²) in [5, 5.41) is 4.60. The van der Waals surface area contributed by atoms with Crippen LogP contribution in [-0.4, -0.2) is 30.4 Å². The van der Waals surface area contributed by atoms with Gasteiger partial charge in [0.1, 0.15) is 0 Å². The summed E-state index contributed by atoms with van der Waals surface area (Å²) < 4.78 is 0. The van der Waals surface area contributed by atoms with Gasteiger partial charge in [-0.2, -0.15) is 0 Å². The van der Waals surface area contributed by atoms with Crippen molar-refractivity contribution in [2.45, 2.75) is 19.4 Å². The fraction of sp³-hybridized carbons (Fsp3) is 0.571. The summed E-state index contributed by atoms with van der Waals surface area (Å²) in [5.41, 5.74) is 9.62. The van der Waals surface area contributed by atoms with Crippen molar-refractivity contribution in [3.63, 3.8) is 0 Å². The van der Waals surface area contributed by atoms with Crippen LogP contribution in [0.25, 0.3) is 0 Å². The third kappa shape index (κ3) is 5.95. The maximum absolute atomic E-state index is 11.0. The predicted molar refractivity (Wildman–Crippen MR) is 49.0 cm³/mol. The van der Waals surface area contributed by atoms with Crippen LogP contribution >= 0.6 is 0 Å². The SMILES string of the molecule is CC(NCCC(N)=O)C(=O)NC(N)=O. The number of hydrogen-bond donors (Lipinski definition) is 4. The van der Waals surface area contributed by atoms with E-state index in [0.717, 1.165) is 0 Å². The van der Waals surface area contributed by atoms with Crippen LogP contribution in [0, 0.1) is 0 Å². The molecule has 0 bridgehead atoms. The molecule has 0 aliphatic carbocycles. The molecule has 0 saturated heterocycles. The van der Waals surface area contributed by atoms with Crippen LogP contribution in [0.1, 0.15) is 13.3 Å². The Labute approximate surface area is 81.2 Å². The zero-order valence-corrected chi connectivity index (χ0v) is 7.87. The van der Waals surface area contributed by atoms with E-state index in [1.54, 1.807) is 6.92 Å². The molecule has 0 aliphatic rings. The molecule has 0 fully saturated rings. The number of imide groups is 1. The van der Waals surface area contributed by atoms with E-state index in [9.17, 15) is 14.4 Å². The number of rotatable bonds is 5. The van der Waals surface area contributed by atoms with Crippen molar-refractivity contribution in [2.24, 2.45) is 11.5 Å². The Kier molecular flexibility index (Phi) is 5.23. The van der Waals surface area contributed by atoms with Gasteiger partial charge in [0.2, 0.25) is 11.8 Å². The van der Waals surface area contributed by atoms with Crippen molar-refractivity contribution in [1.29, 1.82) is 0 Å². The van der Waals surface area contributed by atoms with E-state index in [1.165, 1.54) is 0 Å². The lowest BCUT2D eigenvalue weighted by atomic mass is 10.3. The Morgan fingerprint density at radius 2 is 1.86 bits per heavy atom. The normalized spacial score (nSPS) is 11.8.